The van der Waals surface area contributed by atoms with Crippen molar-refractivity contribution in [3.63, 3.8) is 0 Å². The zero-order valence-corrected chi connectivity index (χ0v) is 11.0. The van der Waals surface area contributed by atoms with E-state index in [9.17, 15) is 4.79 Å². The number of ketones is 1. The molecule has 94 valence electrons. The van der Waals surface area contributed by atoms with E-state index in [1.54, 1.807) is 6.92 Å². The monoisotopic (exact) mass is 243 g/mol. The predicted molar refractivity (Wildman–Crippen MR) is 72.0 cm³/mol. The number of ether oxygens (including phenoxy) is 1. The van der Waals surface area contributed by atoms with Crippen LogP contribution in [0.5, 0.6) is 5.75 Å². The molecular weight excluding hydrogens is 226 g/mol. The number of Topliss-reactive ketones (excluding diaryl/α,β-unsaturated/α-hetero) is 1. The van der Waals surface area contributed by atoms with Crippen LogP contribution in [0, 0.1) is 6.92 Å². The molecule has 0 saturated heterocycles. The first-order valence-corrected chi connectivity index (χ1v) is 6.12. The number of pyridine rings is 1. The zero-order chi connectivity index (χ0) is 13.1. The summed E-state index contributed by atoms with van der Waals surface area (Å²) in [5, 5.41) is 1.08. The van der Waals surface area contributed by atoms with Gasteiger partial charge in [0, 0.05) is 17.5 Å². The second-order valence-corrected chi connectivity index (χ2v) is 4.42. The van der Waals surface area contributed by atoms with E-state index >= 15 is 0 Å². The third kappa shape index (κ3) is 2.67. The van der Waals surface area contributed by atoms with Crippen LogP contribution in [0.4, 0.5) is 0 Å². The Bertz CT molecular complexity index is 590. The molecule has 0 aliphatic heterocycles. The summed E-state index contributed by atoms with van der Waals surface area (Å²) in [5.41, 5.74) is 2.86. The van der Waals surface area contributed by atoms with Gasteiger partial charge < -0.3 is 4.74 Å². The number of carbonyl (C=O) groups excluding carboxylic acids is 1. The number of aryl methyl sites for hydroxylation is 1. The smallest absolute Gasteiger partial charge is 0.135 e. The standard InChI is InChI=1S/C15H17NO2/c1-4-18-13-5-6-15-14(9-13)10(2)7-12(16-15)8-11(3)17/h5-7,9H,4,8H2,1-3H3. The summed E-state index contributed by atoms with van der Waals surface area (Å²) in [6.07, 6.45) is 0.393. The summed E-state index contributed by atoms with van der Waals surface area (Å²) < 4.78 is 5.48. The molecule has 2 rings (SSSR count). The maximum absolute atomic E-state index is 11.1. The average molecular weight is 243 g/mol. The van der Waals surface area contributed by atoms with Gasteiger partial charge in [0.25, 0.3) is 0 Å². The van der Waals surface area contributed by atoms with Crippen LogP contribution >= 0.6 is 0 Å². The molecule has 1 aromatic heterocycles. The molecule has 2 aromatic rings. The zero-order valence-electron chi connectivity index (χ0n) is 11.0. The van der Waals surface area contributed by atoms with Crippen LogP contribution in [0.15, 0.2) is 24.3 Å². The fourth-order valence-corrected chi connectivity index (χ4v) is 2.05. The van der Waals surface area contributed by atoms with Crippen LogP contribution in [0.25, 0.3) is 10.9 Å². The van der Waals surface area contributed by atoms with Crippen molar-refractivity contribution >= 4 is 16.7 Å². The van der Waals surface area contributed by atoms with Gasteiger partial charge in [-0.1, -0.05) is 0 Å². The SMILES string of the molecule is CCOc1ccc2nc(CC(C)=O)cc(C)c2c1. The highest BCUT2D eigenvalue weighted by atomic mass is 16.5. The van der Waals surface area contributed by atoms with Crippen LogP contribution < -0.4 is 4.74 Å². The Morgan fingerprint density at radius 1 is 1.33 bits per heavy atom. The molecule has 0 unspecified atom stereocenters. The highest BCUT2D eigenvalue weighted by Crippen LogP contribution is 2.23. The van der Waals surface area contributed by atoms with Crippen molar-refractivity contribution in [2.24, 2.45) is 0 Å². The first-order valence-electron chi connectivity index (χ1n) is 6.12. The van der Waals surface area contributed by atoms with Gasteiger partial charge in [-0.25, -0.2) is 0 Å². The summed E-state index contributed by atoms with van der Waals surface area (Å²) >= 11 is 0. The van der Waals surface area contributed by atoms with E-state index in [2.05, 4.69) is 4.98 Å². The number of benzene rings is 1. The van der Waals surface area contributed by atoms with Crippen LogP contribution in [0.2, 0.25) is 0 Å². The molecule has 3 heteroatoms. The van der Waals surface area contributed by atoms with Crippen LogP contribution in [0.3, 0.4) is 0 Å². The molecule has 18 heavy (non-hydrogen) atoms. The number of carbonyl (C=O) groups is 1. The molecule has 0 bridgehead atoms. The topological polar surface area (TPSA) is 39.2 Å². The van der Waals surface area contributed by atoms with Crippen LogP contribution in [0.1, 0.15) is 25.1 Å². The number of nitrogens with zero attached hydrogens (tertiary/aromatic N) is 1. The molecule has 1 heterocycles. The lowest BCUT2D eigenvalue weighted by Gasteiger charge is -2.08. The van der Waals surface area contributed by atoms with E-state index in [0.717, 1.165) is 27.9 Å². The third-order valence-electron chi connectivity index (χ3n) is 2.78. The van der Waals surface area contributed by atoms with Crippen LogP contribution in [-0.4, -0.2) is 17.4 Å². The summed E-state index contributed by atoms with van der Waals surface area (Å²) in [6.45, 7) is 6.23. The van der Waals surface area contributed by atoms with Crippen molar-refractivity contribution in [2.75, 3.05) is 6.61 Å². The number of hydrogen-bond acceptors (Lipinski definition) is 3. The molecule has 0 N–H and O–H groups in total. The Morgan fingerprint density at radius 2 is 2.11 bits per heavy atom. The Kier molecular flexibility index (Phi) is 3.60. The fourth-order valence-electron chi connectivity index (χ4n) is 2.05. The summed E-state index contributed by atoms with van der Waals surface area (Å²) in [5.74, 6) is 0.987. The molecule has 0 fully saturated rings. The van der Waals surface area contributed by atoms with Gasteiger partial charge >= 0.3 is 0 Å². The number of hydrogen-bond donors (Lipinski definition) is 0. The molecule has 0 saturated carbocycles. The molecule has 0 spiro atoms. The van der Waals surface area contributed by atoms with Crippen molar-refractivity contribution in [3.8, 4) is 5.75 Å². The minimum absolute atomic E-state index is 0.132. The van der Waals surface area contributed by atoms with Crippen molar-refractivity contribution in [3.05, 3.63) is 35.5 Å². The minimum Gasteiger partial charge on any atom is -0.494 e. The van der Waals surface area contributed by atoms with E-state index in [1.165, 1.54) is 0 Å². The number of rotatable bonds is 4. The molecular formula is C15H17NO2. The molecule has 0 aliphatic rings. The fraction of sp³-hybridized carbons (Fsp3) is 0.333. The van der Waals surface area contributed by atoms with Crippen molar-refractivity contribution in [2.45, 2.75) is 27.2 Å². The summed E-state index contributed by atoms with van der Waals surface area (Å²) in [4.78, 5) is 15.6. The molecule has 3 nitrogen and oxygen atoms in total. The molecule has 0 radical (unpaired) electrons. The van der Waals surface area contributed by atoms with Gasteiger partial charge in [0.1, 0.15) is 11.5 Å². The van der Waals surface area contributed by atoms with Crippen molar-refractivity contribution in [1.82, 2.24) is 4.98 Å². The summed E-state index contributed by atoms with van der Waals surface area (Å²) in [7, 11) is 0. The first-order chi connectivity index (χ1) is 8.60. The Hall–Kier alpha value is -1.90. The van der Waals surface area contributed by atoms with Gasteiger partial charge in [0.2, 0.25) is 0 Å². The number of fused-ring (bicyclic) bond motifs is 1. The molecule has 0 atom stereocenters. The van der Waals surface area contributed by atoms with E-state index in [1.807, 2.05) is 38.1 Å². The van der Waals surface area contributed by atoms with E-state index < -0.39 is 0 Å². The molecule has 0 aliphatic carbocycles. The summed E-state index contributed by atoms with van der Waals surface area (Å²) in [6, 6.07) is 7.82. The van der Waals surface area contributed by atoms with Gasteiger partial charge in [0.05, 0.1) is 12.1 Å². The quantitative estimate of drug-likeness (QED) is 0.828. The highest BCUT2D eigenvalue weighted by molar-refractivity contribution is 5.85. The van der Waals surface area contributed by atoms with Crippen molar-refractivity contribution in [1.29, 1.82) is 0 Å². The third-order valence-corrected chi connectivity index (χ3v) is 2.78. The van der Waals surface area contributed by atoms with Gasteiger partial charge in [0.15, 0.2) is 0 Å². The van der Waals surface area contributed by atoms with E-state index in [4.69, 9.17) is 4.74 Å². The molecule has 1 aromatic carbocycles. The molecule has 0 amide bonds. The highest BCUT2D eigenvalue weighted by Gasteiger charge is 2.06. The maximum Gasteiger partial charge on any atom is 0.135 e. The second-order valence-electron chi connectivity index (χ2n) is 4.42. The Labute approximate surface area is 107 Å². The van der Waals surface area contributed by atoms with Gasteiger partial charge in [-0.3, -0.25) is 9.78 Å². The normalized spacial score (nSPS) is 10.6. The van der Waals surface area contributed by atoms with Gasteiger partial charge in [-0.15, -0.1) is 0 Å². The predicted octanol–water partition coefficient (Wildman–Crippen LogP) is 3.07. The Morgan fingerprint density at radius 3 is 2.78 bits per heavy atom. The lowest BCUT2D eigenvalue weighted by atomic mass is 10.1. The maximum atomic E-state index is 11.1. The van der Waals surface area contributed by atoms with E-state index in [-0.39, 0.29) is 5.78 Å². The van der Waals surface area contributed by atoms with Gasteiger partial charge in [-0.2, -0.15) is 0 Å². The second kappa shape index (κ2) is 5.17. The minimum atomic E-state index is 0.132. The largest absolute Gasteiger partial charge is 0.494 e. The first kappa shape index (κ1) is 12.6. The van der Waals surface area contributed by atoms with Crippen LogP contribution in [-0.2, 0) is 11.2 Å². The lowest BCUT2D eigenvalue weighted by molar-refractivity contribution is -0.116. The lowest BCUT2D eigenvalue weighted by Crippen LogP contribution is -2.00. The number of aromatic nitrogens is 1. The van der Waals surface area contributed by atoms with Gasteiger partial charge in [-0.05, 0) is 50.6 Å². The van der Waals surface area contributed by atoms with E-state index in [0.29, 0.717) is 13.0 Å². The average Bonchev–Trinajstić information content (AvgIpc) is 2.29. The Balaban J connectivity index is 2.48. The van der Waals surface area contributed by atoms with Crippen molar-refractivity contribution < 1.29 is 9.53 Å².